The molecule has 1 unspecified atom stereocenters. The Bertz CT molecular complexity index is 339. The molecule has 74 valence electrons. The highest BCUT2D eigenvalue weighted by atomic mass is 127. The van der Waals surface area contributed by atoms with Crippen LogP contribution in [0.15, 0.2) is 24.3 Å². The summed E-state index contributed by atoms with van der Waals surface area (Å²) in [5.41, 5.74) is 0.882. The van der Waals surface area contributed by atoms with Crippen LogP contribution in [-0.2, 0) is 4.74 Å². The third-order valence-electron chi connectivity index (χ3n) is 1.60. The summed E-state index contributed by atoms with van der Waals surface area (Å²) in [7, 11) is 0. The average molecular weight is 323 g/mol. The topological polar surface area (TPSA) is 29.5 Å². The first-order valence-corrected chi connectivity index (χ1v) is 5.32. The highest BCUT2D eigenvalue weighted by molar-refractivity contribution is 14.1. The molecule has 0 saturated carbocycles. The van der Waals surface area contributed by atoms with Crippen LogP contribution >= 0.6 is 34.2 Å². The molecule has 1 atom stereocenters. The van der Waals surface area contributed by atoms with Crippen LogP contribution in [0.2, 0.25) is 5.02 Å². The van der Waals surface area contributed by atoms with Crippen molar-refractivity contribution in [1.29, 1.82) is 0 Å². The Morgan fingerprint density at radius 1 is 1.43 bits per heavy atom. The van der Waals surface area contributed by atoms with Crippen LogP contribution in [0.4, 0.5) is 0 Å². The minimum Gasteiger partial charge on any atom is -0.371 e. The highest BCUT2D eigenvalue weighted by Gasteiger charge is 2.07. The molecule has 0 saturated heterocycles. The van der Waals surface area contributed by atoms with Crippen LogP contribution in [0.5, 0.6) is 0 Å². The summed E-state index contributed by atoms with van der Waals surface area (Å²) in [6, 6.07) is 7.17. The second-order valence-corrected chi connectivity index (χ2v) is 3.44. The fourth-order valence-corrected chi connectivity index (χ4v) is 1.39. The van der Waals surface area contributed by atoms with E-state index in [-0.39, 0.29) is 6.79 Å². The van der Waals surface area contributed by atoms with Gasteiger partial charge in [-0.05, 0) is 21.6 Å². The first kappa shape index (κ1) is 11.8. The molecule has 0 heterocycles. The lowest BCUT2D eigenvalue weighted by Gasteiger charge is -2.09. The standard InChI is InChI=1S/C10H8ClIO2/c11-9-3-1-8(2-4-9)10(5-6-12)14-7-13/h1-4,10,13H,7H2. The predicted octanol–water partition coefficient (Wildman–Crippen LogP) is 2.74. The second kappa shape index (κ2) is 6.25. The van der Waals surface area contributed by atoms with Crippen molar-refractivity contribution >= 4 is 34.2 Å². The smallest absolute Gasteiger partial charge is 0.147 e. The third-order valence-corrected chi connectivity index (χ3v) is 2.16. The van der Waals surface area contributed by atoms with E-state index in [9.17, 15) is 0 Å². The van der Waals surface area contributed by atoms with Crippen molar-refractivity contribution in [1.82, 2.24) is 0 Å². The maximum atomic E-state index is 8.66. The Balaban J connectivity index is 2.85. The number of aliphatic hydroxyl groups excluding tert-OH is 1. The lowest BCUT2D eigenvalue weighted by molar-refractivity contribution is -0.0282. The zero-order valence-corrected chi connectivity index (χ0v) is 10.1. The number of halogens is 2. The summed E-state index contributed by atoms with van der Waals surface area (Å²) in [6.07, 6.45) is -0.394. The molecule has 0 bridgehead atoms. The van der Waals surface area contributed by atoms with Gasteiger partial charge in [0, 0.05) is 27.6 Å². The van der Waals surface area contributed by atoms with E-state index >= 15 is 0 Å². The summed E-state index contributed by atoms with van der Waals surface area (Å²) >= 11 is 7.67. The normalized spacial score (nSPS) is 11.6. The van der Waals surface area contributed by atoms with E-state index in [1.165, 1.54) is 0 Å². The zero-order valence-electron chi connectivity index (χ0n) is 7.21. The number of benzene rings is 1. The van der Waals surface area contributed by atoms with E-state index in [0.29, 0.717) is 5.02 Å². The van der Waals surface area contributed by atoms with Crippen molar-refractivity contribution in [3.05, 3.63) is 34.9 Å². The molecule has 0 fully saturated rings. The number of rotatable bonds is 3. The van der Waals surface area contributed by atoms with Crippen molar-refractivity contribution in [2.75, 3.05) is 6.79 Å². The number of ether oxygens (including phenoxy) is 1. The molecule has 2 nitrogen and oxygen atoms in total. The number of aliphatic hydroxyl groups is 1. The maximum Gasteiger partial charge on any atom is 0.147 e. The van der Waals surface area contributed by atoms with Gasteiger partial charge >= 0.3 is 0 Å². The molecular formula is C10H8ClIO2. The summed E-state index contributed by atoms with van der Waals surface area (Å²) in [5.74, 6) is 2.83. The van der Waals surface area contributed by atoms with Crippen LogP contribution in [-0.4, -0.2) is 11.9 Å². The molecule has 1 aromatic rings. The van der Waals surface area contributed by atoms with E-state index in [4.69, 9.17) is 21.4 Å². The molecule has 0 aliphatic carbocycles. The monoisotopic (exact) mass is 322 g/mol. The molecule has 1 aromatic carbocycles. The molecule has 1 rings (SSSR count). The van der Waals surface area contributed by atoms with E-state index in [2.05, 4.69) is 9.85 Å². The van der Waals surface area contributed by atoms with Crippen molar-refractivity contribution in [3.8, 4) is 9.85 Å². The van der Waals surface area contributed by atoms with Gasteiger partial charge in [-0.25, -0.2) is 0 Å². The fraction of sp³-hybridized carbons (Fsp3) is 0.200. The lowest BCUT2D eigenvalue weighted by atomic mass is 10.1. The van der Waals surface area contributed by atoms with Gasteiger partial charge < -0.3 is 9.84 Å². The Morgan fingerprint density at radius 2 is 2.07 bits per heavy atom. The summed E-state index contributed by atoms with van der Waals surface area (Å²) in [5, 5.41) is 9.33. The SMILES string of the molecule is OCOC(C#CI)c1ccc(Cl)cc1. The van der Waals surface area contributed by atoms with E-state index < -0.39 is 6.10 Å². The number of hydrogen-bond acceptors (Lipinski definition) is 2. The Kier molecular flexibility index (Phi) is 5.26. The molecule has 1 N–H and O–H groups in total. The molecule has 0 amide bonds. The molecule has 14 heavy (non-hydrogen) atoms. The van der Waals surface area contributed by atoms with Gasteiger partial charge in [-0.2, -0.15) is 0 Å². The van der Waals surface area contributed by atoms with E-state index in [1.807, 2.05) is 34.7 Å². The Morgan fingerprint density at radius 3 is 2.57 bits per heavy atom. The van der Waals surface area contributed by atoms with Crippen molar-refractivity contribution < 1.29 is 9.84 Å². The van der Waals surface area contributed by atoms with Crippen molar-refractivity contribution in [2.45, 2.75) is 6.10 Å². The lowest BCUT2D eigenvalue weighted by Crippen LogP contribution is -2.02. The van der Waals surface area contributed by atoms with Crippen LogP contribution in [0.25, 0.3) is 0 Å². The third kappa shape index (κ3) is 3.46. The molecule has 0 aliphatic heterocycles. The van der Waals surface area contributed by atoms with Gasteiger partial charge in [-0.1, -0.05) is 29.7 Å². The molecule has 0 aromatic heterocycles. The summed E-state index contributed by atoms with van der Waals surface area (Å²) in [4.78, 5) is 0. The van der Waals surface area contributed by atoms with E-state index in [0.717, 1.165) is 5.56 Å². The average Bonchev–Trinajstić information content (AvgIpc) is 2.19. The summed E-state index contributed by atoms with van der Waals surface area (Å²) in [6.45, 7) is -0.349. The fourth-order valence-electron chi connectivity index (χ4n) is 0.983. The van der Waals surface area contributed by atoms with Gasteiger partial charge in [0.1, 0.15) is 12.9 Å². The predicted molar refractivity (Wildman–Crippen MR) is 64.2 cm³/mol. The largest absolute Gasteiger partial charge is 0.371 e. The highest BCUT2D eigenvalue weighted by Crippen LogP contribution is 2.19. The first-order valence-electron chi connectivity index (χ1n) is 3.87. The van der Waals surface area contributed by atoms with Crippen LogP contribution in [0.3, 0.4) is 0 Å². The van der Waals surface area contributed by atoms with Gasteiger partial charge in [0.25, 0.3) is 0 Å². The van der Waals surface area contributed by atoms with Crippen molar-refractivity contribution in [2.24, 2.45) is 0 Å². The number of hydrogen-bond donors (Lipinski definition) is 1. The zero-order chi connectivity index (χ0) is 10.4. The second-order valence-electron chi connectivity index (χ2n) is 2.47. The van der Waals surface area contributed by atoms with Gasteiger partial charge in [-0.15, -0.1) is 0 Å². The first-order chi connectivity index (χ1) is 6.77. The van der Waals surface area contributed by atoms with Crippen LogP contribution in [0, 0.1) is 9.85 Å². The van der Waals surface area contributed by atoms with Gasteiger partial charge in [0.15, 0.2) is 0 Å². The summed E-state index contributed by atoms with van der Waals surface area (Å²) < 4.78 is 7.76. The van der Waals surface area contributed by atoms with Gasteiger partial charge in [-0.3, -0.25) is 0 Å². The maximum absolute atomic E-state index is 8.66. The minimum absolute atomic E-state index is 0.349. The van der Waals surface area contributed by atoms with Crippen molar-refractivity contribution in [3.63, 3.8) is 0 Å². The molecule has 0 radical (unpaired) electrons. The quantitative estimate of drug-likeness (QED) is 0.527. The molecular weight excluding hydrogens is 314 g/mol. The Labute approximate surface area is 101 Å². The van der Waals surface area contributed by atoms with Gasteiger partial charge in [0.2, 0.25) is 0 Å². The molecule has 4 heteroatoms. The molecule has 0 aliphatic rings. The van der Waals surface area contributed by atoms with Crippen LogP contribution in [0.1, 0.15) is 11.7 Å². The van der Waals surface area contributed by atoms with Crippen LogP contribution < -0.4 is 0 Å². The minimum atomic E-state index is -0.394. The van der Waals surface area contributed by atoms with E-state index in [1.54, 1.807) is 12.1 Å². The van der Waals surface area contributed by atoms with Gasteiger partial charge in [0.05, 0.1) is 0 Å². The Hall–Kier alpha value is -0.280. The molecule has 0 spiro atoms.